The fourth-order valence-corrected chi connectivity index (χ4v) is 5.55. The molecule has 1 aliphatic rings. The molecule has 1 heterocycles. The fraction of sp³-hybridized carbons (Fsp3) is 0.312. The summed E-state index contributed by atoms with van der Waals surface area (Å²) in [6, 6.07) is 23.3. The average molecular weight is 577 g/mol. The highest BCUT2D eigenvalue weighted by Gasteiger charge is 2.38. The normalized spacial score (nSPS) is 20.2. The maximum Gasteiger partial charge on any atom is 0.407 e. The highest BCUT2D eigenvalue weighted by molar-refractivity contribution is 7.99. The summed E-state index contributed by atoms with van der Waals surface area (Å²) in [5.41, 5.74) is 4.42. The van der Waals surface area contributed by atoms with Gasteiger partial charge in [-0.3, -0.25) is 4.79 Å². The zero-order valence-electron chi connectivity index (χ0n) is 23.2. The Morgan fingerprint density at radius 1 is 0.976 bits per heavy atom. The molecule has 0 radical (unpaired) electrons. The largest absolute Gasteiger partial charge is 0.445 e. The summed E-state index contributed by atoms with van der Waals surface area (Å²) in [4.78, 5) is 24.1. The molecule has 41 heavy (non-hydrogen) atoms. The fourth-order valence-electron chi connectivity index (χ4n) is 4.48. The molecule has 4 rings (SSSR count). The van der Waals surface area contributed by atoms with Crippen molar-refractivity contribution in [2.45, 2.75) is 50.4 Å². The lowest BCUT2D eigenvalue weighted by molar-refractivity contribution is -0.268. The second-order valence-corrected chi connectivity index (χ2v) is 10.9. The number of alkyl carbamates (subject to hydrolysis) is 1. The molecule has 0 bridgehead atoms. The Bertz CT molecular complexity index is 1300. The van der Waals surface area contributed by atoms with Crippen LogP contribution in [0.3, 0.4) is 0 Å². The van der Waals surface area contributed by atoms with Gasteiger partial charge in [-0.25, -0.2) is 4.79 Å². The first-order chi connectivity index (χ1) is 19.9. The summed E-state index contributed by atoms with van der Waals surface area (Å²) in [5, 5.41) is 15.0. The monoisotopic (exact) mass is 576 g/mol. The summed E-state index contributed by atoms with van der Waals surface area (Å²) < 4.78 is 18.0. The van der Waals surface area contributed by atoms with Crippen molar-refractivity contribution in [1.82, 2.24) is 5.32 Å². The third kappa shape index (κ3) is 8.68. The number of aliphatic hydroxyl groups is 1. The Balaban J connectivity index is 1.48. The van der Waals surface area contributed by atoms with Gasteiger partial charge < -0.3 is 30.0 Å². The van der Waals surface area contributed by atoms with Crippen LogP contribution in [0, 0.1) is 5.92 Å². The van der Waals surface area contributed by atoms with Crippen LogP contribution in [0.1, 0.15) is 48.5 Å². The third-order valence-electron chi connectivity index (χ3n) is 6.73. The maximum atomic E-state index is 11.7. The SMILES string of the molecule is C=CCOC(=O)NCc1ccc([C@H]2O[C@@H](CSc3ccc(NC(C)=O)cc3)[C@@H](C)[C@@H](c3ccc(CO)cc3)O2)cc1. The molecular weight excluding hydrogens is 540 g/mol. The number of rotatable bonds is 11. The number of ether oxygens (including phenoxy) is 3. The van der Waals surface area contributed by atoms with Crippen molar-refractivity contribution in [1.29, 1.82) is 0 Å². The van der Waals surface area contributed by atoms with E-state index in [1.165, 1.54) is 13.0 Å². The van der Waals surface area contributed by atoms with Gasteiger partial charge >= 0.3 is 6.09 Å². The molecule has 0 aliphatic carbocycles. The van der Waals surface area contributed by atoms with Crippen molar-refractivity contribution in [3.63, 3.8) is 0 Å². The van der Waals surface area contributed by atoms with Crippen molar-refractivity contribution in [3.8, 4) is 0 Å². The minimum Gasteiger partial charge on any atom is -0.445 e. The van der Waals surface area contributed by atoms with Gasteiger partial charge in [0.25, 0.3) is 0 Å². The molecule has 4 atom stereocenters. The molecule has 2 amide bonds. The number of aliphatic hydroxyl groups excluding tert-OH is 1. The molecule has 3 N–H and O–H groups in total. The summed E-state index contributed by atoms with van der Waals surface area (Å²) in [6.45, 7) is 7.63. The second kappa shape index (κ2) is 14.8. The van der Waals surface area contributed by atoms with Gasteiger partial charge in [-0.05, 0) is 41.0 Å². The van der Waals surface area contributed by atoms with E-state index in [-0.39, 0.29) is 37.2 Å². The van der Waals surface area contributed by atoms with Crippen LogP contribution in [0.5, 0.6) is 0 Å². The Labute approximate surface area is 245 Å². The molecule has 3 aromatic carbocycles. The molecule has 0 saturated carbocycles. The highest BCUT2D eigenvalue weighted by Crippen LogP contribution is 2.43. The van der Waals surface area contributed by atoms with Crippen molar-refractivity contribution in [3.05, 3.63) is 108 Å². The van der Waals surface area contributed by atoms with Crippen LogP contribution < -0.4 is 10.6 Å². The molecule has 1 aliphatic heterocycles. The van der Waals surface area contributed by atoms with Gasteiger partial charge in [0.1, 0.15) is 6.61 Å². The minimum absolute atomic E-state index is 0.0136. The lowest BCUT2D eigenvalue weighted by Crippen LogP contribution is -2.38. The zero-order chi connectivity index (χ0) is 29.2. The Morgan fingerprint density at radius 3 is 2.27 bits per heavy atom. The predicted molar refractivity (Wildman–Crippen MR) is 159 cm³/mol. The van der Waals surface area contributed by atoms with Gasteiger partial charge in [-0.2, -0.15) is 0 Å². The van der Waals surface area contributed by atoms with E-state index in [9.17, 15) is 14.7 Å². The lowest BCUT2D eigenvalue weighted by Gasteiger charge is -2.41. The summed E-state index contributed by atoms with van der Waals surface area (Å²) in [6.07, 6.45) is 0.110. The Kier molecular flexibility index (Phi) is 11.0. The third-order valence-corrected chi connectivity index (χ3v) is 7.83. The highest BCUT2D eigenvalue weighted by atomic mass is 32.2. The van der Waals surface area contributed by atoms with Gasteiger partial charge in [-0.1, -0.05) is 68.1 Å². The van der Waals surface area contributed by atoms with E-state index in [1.807, 2.05) is 72.8 Å². The number of amides is 2. The lowest BCUT2D eigenvalue weighted by atomic mass is 9.91. The number of anilines is 1. The van der Waals surface area contributed by atoms with Crippen molar-refractivity contribution in [2.24, 2.45) is 5.92 Å². The van der Waals surface area contributed by atoms with E-state index in [0.717, 1.165) is 32.8 Å². The van der Waals surface area contributed by atoms with Crippen LogP contribution in [0.15, 0.2) is 90.3 Å². The number of carbonyl (C=O) groups excluding carboxylic acids is 2. The van der Waals surface area contributed by atoms with E-state index in [2.05, 4.69) is 24.1 Å². The summed E-state index contributed by atoms with van der Waals surface area (Å²) >= 11 is 1.69. The van der Waals surface area contributed by atoms with Gasteiger partial charge in [0.05, 0.1) is 18.8 Å². The number of benzene rings is 3. The zero-order valence-corrected chi connectivity index (χ0v) is 24.1. The molecule has 8 nitrogen and oxygen atoms in total. The molecule has 3 aromatic rings. The molecule has 1 saturated heterocycles. The predicted octanol–water partition coefficient (Wildman–Crippen LogP) is 6.13. The van der Waals surface area contributed by atoms with Crippen LogP contribution in [-0.2, 0) is 32.2 Å². The van der Waals surface area contributed by atoms with E-state index < -0.39 is 12.4 Å². The van der Waals surface area contributed by atoms with E-state index in [4.69, 9.17) is 14.2 Å². The van der Waals surface area contributed by atoms with Crippen LogP contribution in [-0.4, -0.2) is 35.6 Å². The standard InChI is InChI=1S/C32H36N2O6S/c1-4-17-38-32(37)33-18-23-5-11-26(12-6-23)31-39-29(20-41-28-15-13-27(14-16-28)34-22(3)36)21(2)30(40-31)25-9-7-24(19-35)8-10-25/h4-16,21,29-31,35H,1,17-20H2,2-3H3,(H,33,37)(H,34,36)/t21-,29+,30+,31+/m1/s1. The molecule has 0 spiro atoms. The number of carbonyl (C=O) groups is 2. The average Bonchev–Trinajstić information content (AvgIpc) is 2.99. The quantitative estimate of drug-likeness (QED) is 0.186. The van der Waals surface area contributed by atoms with E-state index in [1.54, 1.807) is 11.8 Å². The molecule has 216 valence electrons. The van der Waals surface area contributed by atoms with E-state index in [0.29, 0.717) is 12.3 Å². The van der Waals surface area contributed by atoms with Gasteiger partial charge in [0.15, 0.2) is 6.29 Å². The molecule has 0 aromatic heterocycles. The van der Waals surface area contributed by atoms with Crippen LogP contribution in [0.25, 0.3) is 0 Å². The molecule has 0 unspecified atom stereocenters. The molecule has 9 heteroatoms. The van der Waals surface area contributed by atoms with Gasteiger partial charge in [-0.15, -0.1) is 11.8 Å². The maximum absolute atomic E-state index is 11.7. The van der Waals surface area contributed by atoms with Crippen LogP contribution >= 0.6 is 11.8 Å². The van der Waals surface area contributed by atoms with Crippen molar-refractivity contribution >= 4 is 29.4 Å². The van der Waals surface area contributed by atoms with E-state index >= 15 is 0 Å². The van der Waals surface area contributed by atoms with Crippen LogP contribution in [0.2, 0.25) is 0 Å². The molecular formula is C32H36N2O6S. The van der Waals surface area contributed by atoms with Crippen LogP contribution in [0.4, 0.5) is 10.5 Å². The second-order valence-electron chi connectivity index (χ2n) is 9.82. The minimum atomic E-state index is -0.582. The summed E-state index contributed by atoms with van der Waals surface area (Å²) in [7, 11) is 0. The number of hydrogen-bond donors (Lipinski definition) is 3. The van der Waals surface area contributed by atoms with Gasteiger partial charge in [0, 0.05) is 41.3 Å². The number of thioether (sulfide) groups is 1. The number of nitrogens with one attached hydrogen (secondary N) is 2. The van der Waals surface area contributed by atoms with Gasteiger partial charge in [0.2, 0.25) is 5.91 Å². The topological polar surface area (TPSA) is 106 Å². The Morgan fingerprint density at radius 2 is 1.63 bits per heavy atom. The first kappa shape index (κ1) is 30.3. The summed E-state index contributed by atoms with van der Waals surface area (Å²) in [5.74, 6) is 0.664. The van der Waals surface area contributed by atoms with Crippen molar-refractivity contribution < 1.29 is 28.9 Å². The molecule has 1 fully saturated rings. The first-order valence-electron chi connectivity index (χ1n) is 13.5. The number of hydrogen-bond acceptors (Lipinski definition) is 7. The van der Waals surface area contributed by atoms with Crippen molar-refractivity contribution in [2.75, 3.05) is 17.7 Å². The Hall–Kier alpha value is -3.63. The first-order valence-corrected chi connectivity index (χ1v) is 14.5. The smallest absolute Gasteiger partial charge is 0.407 e.